The Balaban J connectivity index is 1.34. The molecule has 8 nitrogen and oxygen atoms in total. The van der Waals surface area contributed by atoms with Crippen LogP contribution in [0.2, 0.25) is 0 Å². The molecule has 2 aliphatic rings. The van der Waals surface area contributed by atoms with Crippen LogP contribution >= 0.6 is 0 Å². The van der Waals surface area contributed by atoms with Crippen LogP contribution in [-0.2, 0) is 21.2 Å². The van der Waals surface area contributed by atoms with Gasteiger partial charge in [-0.05, 0) is 54.9 Å². The second-order valence-electron chi connectivity index (χ2n) is 9.01. The Labute approximate surface area is 200 Å². The molecule has 1 amide bonds. The number of carbonyl (C=O) groups excluding carboxylic acids is 1. The van der Waals surface area contributed by atoms with Crippen LogP contribution in [0.25, 0.3) is 17.0 Å². The van der Waals surface area contributed by atoms with Gasteiger partial charge >= 0.3 is 0 Å². The largest absolute Gasteiger partial charge is 0.369 e. The van der Waals surface area contributed by atoms with Gasteiger partial charge in [0.25, 0.3) is 10.0 Å². The van der Waals surface area contributed by atoms with E-state index in [-0.39, 0.29) is 11.7 Å². The number of carbonyl (C=O) groups is 1. The highest BCUT2D eigenvalue weighted by atomic mass is 32.2. The summed E-state index contributed by atoms with van der Waals surface area (Å²) in [4.78, 5) is 18.1. The Morgan fingerprint density at radius 1 is 1.06 bits per heavy atom. The number of aromatic nitrogens is 2. The Hall–Kier alpha value is -3.17. The van der Waals surface area contributed by atoms with E-state index >= 15 is 0 Å². The maximum Gasteiger partial charge on any atom is 0.257 e. The van der Waals surface area contributed by atoms with E-state index in [9.17, 15) is 13.2 Å². The standard InChI is InChI=1S/C25H29N5O3S/c1-19(31)29-10-9-21-16-20(5-8-24(21)29)4-3-15-34(32,33)30-25-17-23(7-6-22(25)18-26-30)28-13-11-27(2)12-14-28/h3-8,16-18H,9-15H2,1-2H3. The normalized spacial score (nSPS) is 17.1. The first-order chi connectivity index (χ1) is 16.3. The molecule has 0 spiro atoms. The van der Waals surface area contributed by atoms with E-state index in [0.29, 0.717) is 12.1 Å². The smallest absolute Gasteiger partial charge is 0.257 e. The molecule has 0 aliphatic carbocycles. The first kappa shape index (κ1) is 22.6. The Morgan fingerprint density at radius 3 is 2.62 bits per heavy atom. The molecule has 0 unspecified atom stereocenters. The third-order valence-electron chi connectivity index (χ3n) is 6.65. The van der Waals surface area contributed by atoms with Crippen LogP contribution < -0.4 is 9.80 Å². The molecule has 3 heterocycles. The molecular weight excluding hydrogens is 450 g/mol. The van der Waals surface area contributed by atoms with Crippen molar-refractivity contribution >= 4 is 44.3 Å². The molecule has 178 valence electrons. The Bertz CT molecular complexity index is 1370. The van der Waals surface area contributed by atoms with Gasteiger partial charge in [-0.1, -0.05) is 18.2 Å². The van der Waals surface area contributed by atoms with Crippen molar-refractivity contribution in [1.29, 1.82) is 0 Å². The van der Waals surface area contributed by atoms with Gasteiger partial charge in [0.1, 0.15) is 0 Å². The molecule has 1 saturated heterocycles. The fourth-order valence-corrected chi connectivity index (χ4v) is 5.82. The molecule has 0 N–H and O–H groups in total. The predicted molar refractivity (Wildman–Crippen MR) is 136 cm³/mol. The van der Waals surface area contributed by atoms with Gasteiger partial charge < -0.3 is 14.7 Å². The summed E-state index contributed by atoms with van der Waals surface area (Å²) in [7, 11) is -1.55. The maximum atomic E-state index is 13.1. The quantitative estimate of drug-likeness (QED) is 0.560. The minimum absolute atomic E-state index is 0.0374. The number of benzene rings is 2. The van der Waals surface area contributed by atoms with E-state index < -0.39 is 10.0 Å². The highest BCUT2D eigenvalue weighted by Gasteiger charge is 2.22. The average Bonchev–Trinajstić information content (AvgIpc) is 3.43. The van der Waals surface area contributed by atoms with E-state index in [1.54, 1.807) is 24.1 Å². The van der Waals surface area contributed by atoms with Gasteiger partial charge in [-0.3, -0.25) is 4.79 Å². The molecular formula is C25H29N5O3S. The zero-order chi connectivity index (χ0) is 23.9. The summed E-state index contributed by atoms with van der Waals surface area (Å²) in [5.74, 6) is -0.116. The Kier molecular flexibility index (Phi) is 5.91. The fourth-order valence-electron chi connectivity index (χ4n) is 4.70. The van der Waals surface area contributed by atoms with Crippen LogP contribution in [0.15, 0.2) is 48.7 Å². The monoisotopic (exact) mass is 479 g/mol. The van der Waals surface area contributed by atoms with Gasteiger partial charge in [0.05, 0.1) is 17.5 Å². The lowest BCUT2D eigenvalue weighted by Crippen LogP contribution is -2.44. The third-order valence-corrected chi connectivity index (χ3v) is 8.08. The number of likely N-dealkylation sites (N-methyl/N-ethyl adjacent to an activating group) is 1. The molecule has 9 heteroatoms. The van der Waals surface area contributed by atoms with Crippen molar-refractivity contribution in [3.63, 3.8) is 0 Å². The van der Waals surface area contributed by atoms with E-state index in [2.05, 4.69) is 21.9 Å². The second-order valence-corrected chi connectivity index (χ2v) is 10.9. The van der Waals surface area contributed by atoms with Gasteiger partial charge in [0.2, 0.25) is 5.91 Å². The number of hydrogen-bond donors (Lipinski definition) is 0. The highest BCUT2D eigenvalue weighted by molar-refractivity contribution is 7.90. The average molecular weight is 480 g/mol. The first-order valence-corrected chi connectivity index (χ1v) is 13.1. The number of anilines is 2. The summed E-state index contributed by atoms with van der Waals surface area (Å²) in [6, 6.07) is 11.8. The van der Waals surface area contributed by atoms with Crippen molar-refractivity contribution in [1.82, 2.24) is 14.1 Å². The van der Waals surface area contributed by atoms with Crippen molar-refractivity contribution in [3.8, 4) is 0 Å². The second kappa shape index (κ2) is 8.88. The van der Waals surface area contributed by atoms with Crippen LogP contribution in [0.4, 0.5) is 11.4 Å². The lowest BCUT2D eigenvalue weighted by Gasteiger charge is -2.34. The van der Waals surface area contributed by atoms with Gasteiger partial charge in [-0.25, -0.2) is 8.42 Å². The zero-order valence-corrected chi connectivity index (χ0v) is 20.3. The van der Waals surface area contributed by atoms with Crippen molar-refractivity contribution in [3.05, 3.63) is 59.8 Å². The van der Waals surface area contributed by atoms with E-state index in [1.165, 1.54) is 0 Å². The maximum absolute atomic E-state index is 13.1. The van der Waals surface area contributed by atoms with Gasteiger partial charge in [0.15, 0.2) is 0 Å². The summed E-state index contributed by atoms with van der Waals surface area (Å²) in [5, 5.41) is 5.00. The summed E-state index contributed by atoms with van der Waals surface area (Å²) in [6.07, 6.45) is 5.89. The van der Waals surface area contributed by atoms with Crippen molar-refractivity contribution in [2.75, 3.05) is 55.3 Å². The summed E-state index contributed by atoms with van der Waals surface area (Å²) >= 11 is 0. The fraction of sp³-hybridized carbons (Fsp3) is 0.360. The minimum Gasteiger partial charge on any atom is -0.369 e. The minimum atomic E-state index is -3.66. The molecule has 3 aromatic rings. The molecule has 0 radical (unpaired) electrons. The molecule has 5 rings (SSSR count). The van der Waals surface area contributed by atoms with E-state index in [4.69, 9.17) is 0 Å². The topological polar surface area (TPSA) is 78.8 Å². The molecule has 1 fully saturated rings. The lowest BCUT2D eigenvalue weighted by atomic mass is 10.1. The van der Waals surface area contributed by atoms with Crippen LogP contribution in [0.1, 0.15) is 18.1 Å². The van der Waals surface area contributed by atoms with Crippen molar-refractivity contribution in [2.24, 2.45) is 0 Å². The molecule has 2 aliphatic heterocycles. The van der Waals surface area contributed by atoms with Crippen molar-refractivity contribution in [2.45, 2.75) is 13.3 Å². The molecule has 0 bridgehead atoms. The number of piperazine rings is 1. The van der Waals surface area contributed by atoms with Crippen LogP contribution in [-0.4, -0.2) is 73.9 Å². The summed E-state index contributed by atoms with van der Waals surface area (Å²) in [5.41, 5.74) is 4.59. The van der Waals surface area contributed by atoms with Gasteiger partial charge in [-0.2, -0.15) is 9.19 Å². The molecule has 34 heavy (non-hydrogen) atoms. The van der Waals surface area contributed by atoms with Crippen LogP contribution in [0.3, 0.4) is 0 Å². The highest BCUT2D eigenvalue weighted by Crippen LogP contribution is 2.29. The summed E-state index contributed by atoms with van der Waals surface area (Å²) in [6.45, 7) is 6.05. The lowest BCUT2D eigenvalue weighted by molar-refractivity contribution is -0.116. The molecule has 1 aromatic heterocycles. The Morgan fingerprint density at radius 2 is 1.85 bits per heavy atom. The predicted octanol–water partition coefficient (Wildman–Crippen LogP) is 2.59. The molecule has 0 atom stereocenters. The van der Waals surface area contributed by atoms with Crippen LogP contribution in [0.5, 0.6) is 0 Å². The number of hydrogen-bond acceptors (Lipinski definition) is 6. The van der Waals surface area contributed by atoms with E-state index in [1.807, 2.05) is 42.5 Å². The number of fused-ring (bicyclic) bond motifs is 2. The van der Waals surface area contributed by atoms with Gasteiger partial charge in [0, 0.05) is 56.4 Å². The number of amides is 1. The zero-order valence-electron chi connectivity index (χ0n) is 19.5. The number of nitrogens with zero attached hydrogens (tertiary/aromatic N) is 5. The van der Waals surface area contributed by atoms with E-state index in [0.717, 1.165) is 64.6 Å². The van der Waals surface area contributed by atoms with Crippen molar-refractivity contribution < 1.29 is 13.2 Å². The molecule has 0 saturated carbocycles. The van der Waals surface area contributed by atoms with Gasteiger partial charge in [-0.15, -0.1) is 0 Å². The molecule has 2 aromatic carbocycles. The summed E-state index contributed by atoms with van der Waals surface area (Å²) < 4.78 is 27.4. The first-order valence-electron chi connectivity index (χ1n) is 11.5. The SMILES string of the molecule is CC(=O)N1CCc2cc(C=CCS(=O)(=O)n3ncc4ccc(N5CCN(C)CC5)cc43)ccc21. The third kappa shape index (κ3) is 4.33. The number of rotatable bonds is 5. The van der Waals surface area contributed by atoms with Crippen LogP contribution in [0, 0.1) is 0 Å².